The lowest BCUT2D eigenvalue weighted by atomic mass is 10.1. The quantitative estimate of drug-likeness (QED) is 0.662. The van der Waals surface area contributed by atoms with E-state index < -0.39 is 6.09 Å². The Bertz CT molecular complexity index is 554. The zero-order chi connectivity index (χ0) is 16.5. The average molecular weight is 334 g/mol. The highest BCUT2D eigenvalue weighted by atomic mass is 32.1. The Morgan fingerprint density at radius 1 is 1.35 bits per heavy atom. The molecule has 1 aliphatic rings. The number of carbonyl (C=O) groups excluding carboxylic acids is 1. The van der Waals surface area contributed by atoms with Crippen LogP contribution in [-0.2, 0) is 15.9 Å². The Labute approximate surface area is 142 Å². The normalized spacial score (nSPS) is 15.2. The van der Waals surface area contributed by atoms with E-state index >= 15 is 0 Å². The van der Waals surface area contributed by atoms with Crippen LogP contribution in [0.15, 0.2) is 42.1 Å². The van der Waals surface area contributed by atoms with Crippen LogP contribution in [0, 0.1) is 0 Å². The van der Waals surface area contributed by atoms with Gasteiger partial charge in [0.05, 0.1) is 19.8 Å². The molecule has 0 atom stereocenters. The number of nitrogens with one attached hydrogen (secondary N) is 1. The maximum atomic E-state index is 11.6. The number of alkyl carbamates (subject to hydrolysis) is 1. The van der Waals surface area contributed by atoms with Crippen molar-refractivity contribution in [2.24, 2.45) is 0 Å². The molecule has 1 amide bonds. The maximum absolute atomic E-state index is 11.6. The number of carbonyl (C=O) groups is 1. The predicted molar refractivity (Wildman–Crippen MR) is 93.4 cm³/mol. The Kier molecular flexibility index (Phi) is 7.03. The molecule has 0 radical (unpaired) electrons. The zero-order valence-corrected chi connectivity index (χ0v) is 14.1. The monoisotopic (exact) mass is 334 g/mol. The molecule has 1 N–H and O–H groups in total. The number of nitrogens with zero attached hydrogens (tertiary/aromatic N) is 1. The van der Waals surface area contributed by atoms with E-state index in [9.17, 15) is 4.79 Å². The van der Waals surface area contributed by atoms with Crippen molar-refractivity contribution >= 4 is 23.3 Å². The molecule has 0 spiro atoms. The predicted octanol–water partition coefficient (Wildman–Crippen LogP) is 2.52. The molecule has 0 unspecified atom stereocenters. The first-order chi connectivity index (χ1) is 11.2. The van der Waals surface area contributed by atoms with Crippen LogP contribution in [0.25, 0.3) is 0 Å². The van der Waals surface area contributed by atoms with Crippen LogP contribution in [0.3, 0.4) is 0 Å². The first-order valence-electron chi connectivity index (χ1n) is 7.73. The van der Waals surface area contributed by atoms with Gasteiger partial charge in [0.25, 0.3) is 0 Å². The van der Waals surface area contributed by atoms with E-state index in [4.69, 9.17) is 21.7 Å². The summed E-state index contributed by atoms with van der Waals surface area (Å²) in [6, 6.07) is 10.0. The number of benzene rings is 1. The van der Waals surface area contributed by atoms with E-state index in [1.807, 2.05) is 36.5 Å². The van der Waals surface area contributed by atoms with Crippen molar-refractivity contribution in [3.8, 4) is 0 Å². The molecule has 2 rings (SSSR count). The summed E-state index contributed by atoms with van der Waals surface area (Å²) in [4.78, 5) is 14.2. The number of amides is 1. The maximum Gasteiger partial charge on any atom is 0.412 e. The summed E-state index contributed by atoms with van der Waals surface area (Å²) in [6.45, 7) is 5.12. The highest BCUT2D eigenvalue weighted by molar-refractivity contribution is 7.80. The van der Waals surface area contributed by atoms with E-state index in [1.54, 1.807) is 6.92 Å². The van der Waals surface area contributed by atoms with E-state index in [-0.39, 0.29) is 0 Å². The summed E-state index contributed by atoms with van der Waals surface area (Å²) in [5.74, 6) is 0. The molecule has 0 saturated carbocycles. The number of thiocarbonyl (C=S) groups is 1. The molecule has 1 heterocycles. The fraction of sp³-hybridized carbons (Fsp3) is 0.412. The SMILES string of the molecule is CCOC(=O)NC(=S)C(=CN1CCOCC1)Cc1ccccc1. The van der Waals surface area contributed by atoms with Crippen molar-refractivity contribution in [3.05, 3.63) is 47.7 Å². The summed E-state index contributed by atoms with van der Waals surface area (Å²) in [7, 11) is 0. The molecule has 1 saturated heterocycles. The fourth-order valence-corrected chi connectivity index (χ4v) is 2.48. The molecule has 6 heteroatoms. The number of hydrogen-bond acceptors (Lipinski definition) is 5. The van der Waals surface area contributed by atoms with Gasteiger partial charge in [-0.25, -0.2) is 4.79 Å². The van der Waals surface area contributed by atoms with Crippen molar-refractivity contribution in [1.82, 2.24) is 10.2 Å². The van der Waals surface area contributed by atoms with E-state index in [0.29, 0.717) is 31.2 Å². The van der Waals surface area contributed by atoms with Crippen LogP contribution in [0.1, 0.15) is 12.5 Å². The van der Waals surface area contributed by atoms with E-state index in [0.717, 1.165) is 24.2 Å². The van der Waals surface area contributed by atoms with Gasteiger partial charge in [-0.1, -0.05) is 42.5 Å². The second-order valence-electron chi connectivity index (χ2n) is 5.14. The molecule has 23 heavy (non-hydrogen) atoms. The molecule has 0 bridgehead atoms. The first kappa shape index (κ1) is 17.4. The minimum absolute atomic E-state index is 0.315. The van der Waals surface area contributed by atoms with Gasteiger partial charge in [0.1, 0.15) is 4.99 Å². The standard InChI is InChI=1S/C17H22N2O3S/c1-2-22-17(20)18-16(23)15(12-14-6-4-3-5-7-14)13-19-8-10-21-11-9-19/h3-7,13H,2,8-12H2,1H3,(H,18,20,23). The lowest BCUT2D eigenvalue weighted by Crippen LogP contribution is -2.35. The van der Waals surface area contributed by atoms with Crippen molar-refractivity contribution < 1.29 is 14.3 Å². The number of hydrogen-bond donors (Lipinski definition) is 1. The second-order valence-corrected chi connectivity index (χ2v) is 5.55. The number of rotatable bonds is 5. The second kappa shape index (κ2) is 9.27. The third kappa shape index (κ3) is 6.00. The minimum Gasteiger partial charge on any atom is -0.450 e. The van der Waals surface area contributed by atoms with Crippen LogP contribution < -0.4 is 5.32 Å². The minimum atomic E-state index is -0.515. The zero-order valence-electron chi connectivity index (χ0n) is 13.3. The van der Waals surface area contributed by atoms with Crippen molar-refractivity contribution in [3.63, 3.8) is 0 Å². The molecule has 1 fully saturated rings. The molecule has 1 aromatic carbocycles. The Morgan fingerprint density at radius 2 is 2.04 bits per heavy atom. The highest BCUT2D eigenvalue weighted by Gasteiger charge is 2.14. The Morgan fingerprint density at radius 3 is 2.70 bits per heavy atom. The van der Waals surface area contributed by atoms with E-state index in [1.165, 1.54) is 0 Å². The summed E-state index contributed by atoms with van der Waals surface area (Å²) in [5, 5.41) is 2.63. The molecule has 124 valence electrons. The molecule has 5 nitrogen and oxygen atoms in total. The topological polar surface area (TPSA) is 50.8 Å². The molecule has 1 aliphatic heterocycles. The molecular weight excluding hydrogens is 312 g/mol. The third-order valence-corrected chi connectivity index (χ3v) is 3.77. The summed E-state index contributed by atoms with van der Waals surface area (Å²) >= 11 is 5.40. The smallest absolute Gasteiger partial charge is 0.412 e. The average Bonchev–Trinajstić information content (AvgIpc) is 2.56. The van der Waals surface area contributed by atoms with Gasteiger partial charge in [-0.05, 0) is 12.5 Å². The molecular formula is C17H22N2O3S. The summed E-state index contributed by atoms with van der Waals surface area (Å²) in [5.41, 5.74) is 2.03. The number of ether oxygens (including phenoxy) is 2. The van der Waals surface area contributed by atoms with Gasteiger partial charge in [-0.3, -0.25) is 5.32 Å². The molecule has 0 aliphatic carbocycles. The van der Waals surface area contributed by atoms with Crippen molar-refractivity contribution in [2.75, 3.05) is 32.9 Å². The van der Waals surface area contributed by atoms with Gasteiger partial charge in [0.2, 0.25) is 0 Å². The van der Waals surface area contributed by atoms with Gasteiger partial charge in [-0.15, -0.1) is 0 Å². The Balaban J connectivity index is 2.11. The molecule has 1 aromatic rings. The lowest BCUT2D eigenvalue weighted by molar-refractivity contribution is 0.0591. The van der Waals surface area contributed by atoms with Crippen molar-refractivity contribution in [1.29, 1.82) is 0 Å². The van der Waals surface area contributed by atoms with Crippen LogP contribution in [-0.4, -0.2) is 48.9 Å². The lowest BCUT2D eigenvalue weighted by Gasteiger charge is -2.26. The van der Waals surface area contributed by atoms with Crippen LogP contribution in [0.4, 0.5) is 4.79 Å². The summed E-state index contributed by atoms with van der Waals surface area (Å²) < 4.78 is 10.3. The van der Waals surface area contributed by atoms with E-state index in [2.05, 4.69) is 10.2 Å². The van der Waals surface area contributed by atoms with Gasteiger partial charge < -0.3 is 14.4 Å². The fourth-order valence-electron chi connectivity index (χ4n) is 2.27. The number of morpholine rings is 1. The van der Waals surface area contributed by atoms with Crippen LogP contribution in [0.5, 0.6) is 0 Å². The van der Waals surface area contributed by atoms with Gasteiger partial charge in [0, 0.05) is 31.3 Å². The van der Waals surface area contributed by atoms with Gasteiger partial charge in [0.15, 0.2) is 0 Å². The largest absolute Gasteiger partial charge is 0.450 e. The summed E-state index contributed by atoms with van der Waals surface area (Å²) in [6.07, 6.45) is 2.16. The first-order valence-corrected chi connectivity index (χ1v) is 8.14. The Hall–Kier alpha value is -1.92. The van der Waals surface area contributed by atoms with Crippen LogP contribution in [0.2, 0.25) is 0 Å². The molecule has 0 aromatic heterocycles. The van der Waals surface area contributed by atoms with Gasteiger partial charge in [-0.2, -0.15) is 0 Å². The third-order valence-electron chi connectivity index (χ3n) is 3.40. The van der Waals surface area contributed by atoms with Gasteiger partial charge >= 0.3 is 6.09 Å². The van der Waals surface area contributed by atoms with Crippen molar-refractivity contribution in [2.45, 2.75) is 13.3 Å². The van der Waals surface area contributed by atoms with Crippen LogP contribution >= 0.6 is 12.2 Å². The highest BCUT2D eigenvalue weighted by Crippen LogP contribution is 2.12.